The SMILES string of the molecule is NC(=O)c1ccc(C(N)=O)c(CCc2cc(C(N)=O)ccc2C(N)=O)c1. The molecule has 0 fully saturated rings. The third kappa shape index (κ3) is 4.04. The Morgan fingerprint density at radius 1 is 0.577 bits per heavy atom. The van der Waals surface area contributed by atoms with E-state index in [0.717, 1.165) is 0 Å². The number of hydrogen-bond donors (Lipinski definition) is 4. The molecule has 0 spiro atoms. The lowest BCUT2D eigenvalue weighted by Crippen LogP contribution is -2.18. The maximum absolute atomic E-state index is 11.6. The Hall–Kier alpha value is -3.68. The molecule has 0 aliphatic carbocycles. The molecule has 0 aromatic heterocycles. The second-order valence-corrected chi connectivity index (χ2v) is 5.70. The summed E-state index contributed by atoms with van der Waals surface area (Å²) in [7, 11) is 0. The molecular weight excluding hydrogens is 336 g/mol. The van der Waals surface area contributed by atoms with E-state index >= 15 is 0 Å². The smallest absolute Gasteiger partial charge is 0.248 e. The van der Waals surface area contributed by atoms with Crippen molar-refractivity contribution in [2.24, 2.45) is 22.9 Å². The van der Waals surface area contributed by atoms with E-state index in [9.17, 15) is 19.2 Å². The Morgan fingerprint density at radius 3 is 1.19 bits per heavy atom. The molecule has 0 saturated carbocycles. The molecule has 2 rings (SSSR count). The quantitative estimate of drug-likeness (QED) is 0.542. The average Bonchev–Trinajstić information content (AvgIpc) is 2.58. The molecule has 134 valence electrons. The van der Waals surface area contributed by atoms with Crippen LogP contribution in [0.2, 0.25) is 0 Å². The monoisotopic (exact) mass is 354 g/mol. The molecule has 2 aromatic carbocycles. The van der Waals surface area contributed by atoms with Crippen molar-refractivity contribution in [3.05, 3.63) is 69.8 Å². The van der Waals surface area contributed by atoms with Crippen molar-refractivity contribution in [3.8, 4) is 0 Å². The number of carbonyl (C=O) groups is 4. The van der Waals surface area contributed by atoms with Crippen LogP contribution in [0, 0.1) is 0 Å². The van der Waals surface area contributed by atoms with Gasteiger partial charge in [0, 0.05) is 22.3 Å². The zero-order chi connectivity index (χ0) is 19.4. The first-order valence-electron chi connectivity index (χ1n) is 7.65. The number of hydrogen-bond acceptors (Lipinski definition) is 4. The maximum Gasteiger partial charge on any atom is 0.248 e. The number of benzene rings is 2. The standard InChI is InChI=1S/C18H18N4O4/c19-15(23)11-3-5-13(17(21)25)9(7-11)1-2-10-8-12(16(20)24)4-6-14(10)18(22)26/h3-8H,1-2H2,(H2,19,23)(H2,20,24)(H2,21,25)(H2,22,26). The first-order chi connectivity index (χ1) is 12.2. The third-order valence-electron chi connectivity index (χ3n) is 3.97. The van der Waals surface area contributed by atoms with E-state index in [0.29, 0.717) is 11.1 Å². The summed E-state index contributed by atoms with van der Waals surface area (Å²) in [6.45, 7) is 0. The molecule has 8 N–H and O–H groups in total. The van der Waals surface area contributed by atoms with Gasteiger partial charge in [0.05, 0.1) is 0 Å². The molecule has 26 heavy (non-hydrogen) atoms. The molecule has 0 radical (unpaired) electrons. The summed E-state index contributed by atoms with van der Waals surface area (Å²) < 4.78 is 0. The van der Waals surface area contributed by atoms with Crippen LogP contribution in [0.15, 0.2) is 36.4 Å². The highest BCUT2D eigenvalue weighted by atomic mass is 16.2. The van der Waals surface area contributed by atoms with Gasteiger partial charge in [-0.1, -0.05) is 0 Å². The predicted octanol–water partition coefficient (Wildman–Crippen LogP) is -0.133. The Labute approximate surface area is 149 Å². The number of primary amides is 4. The second kappa shape index (κ2) is 7.47. The van der Waals surface area contributed by atoms with Crippen molar-refractivity contribution in [2.75, 3.05) is 0 Å². The van der Waals surface area contributed by atoms with Gasteiger partial charge in [-0.25, -0.2) is 0 Å². The molecule has 8 heteroatoms. The van der Waals surface area contributed by atoms with Gasteiger partial charge < -0.3 is 22.9 Å². The van der Waals surface area contributed by atoms with Crippen LogP contribution in [0.1, 0.15) is 52.6 Å². The van der Waals surface area contributed by atoms with Crippen LogP contribution >= 0.6 is 0 Å². The lowest BCUT2D eigenvalue weighted by atomic mass is 9.94. The van der Waals surface area contributed by atoms with Crippen LogP contribution in [-0.4, -0.2) is 23.6 Å². The highest BCUT2D eigenvalue weighted by Crippen LogP contribution is 2.18. The van der Waals surface area contributed by atoms with Gasteiger partial charge in [-0.15, -0.1) is 0 Å². The molecule has 0 unspecified atom stereocenters. The fourth-order valence-electron chi connectivity index (χ4n) is 2.66. The van der Waals surface area contributed by atoms with Crippen molar-refractivity contribution in [1.82, 2.24) is 0 Å². The first kappa shape index (κ1) is 18.7. The first-order valence-corrected chi connectivity index (χ1v) is 7.65. The van der Waals surface area contributed by atoms with Gasteiger partial charge in [-0.2, -0.15) is 0 Å². The van der Waals surface area contributed by atoms with E-state index in [1.165, 1.54) is 36.4 Å². The Morgan fingerprint density at radius 2 is 0.923 bits per heavy atom. The van der Waals surface area contributed by atoms with Gasteiger partial charge >= 0.3 is 0 Å². The van der Waals surface area contributed by atoms with Gasteiger partial charge in [0.1, 0.15) is 0 Å². The summed E-state index contributed by atoms with van der Waals surface area (Å²) in [6.07, 6.45) is 0.532. The summed E-state index contributed by atoms with van der Waals surface area (Å²) >= 11 is 0. The molecule has 0 atom stereocenters. The summed E-state index contributed by atoms with van der Waals surface area (Å²) in [5.74, 6) is -2.60. The summed E-state index contributed by atoms with van der Waals surface area (Å²) in [6, 6.07) is 8.62. The Kier molecular flexibility index (Phi) is 5.36. The number of aryl methyl sites for hydroxylation is 2. The molecule has 0 aliphatic heterocycles. The molecule has 4 amide bonds. The minimum atomic E-state index is -0.656. The van der Waals surface area contributed by atoms with Crippen molar-refractivity contribution >= 4 is 23.6 Å². The van der Waals surface area contributed by atoms with Gasteiger partial charge in [-0.05, 0) is 60.4 Å². The minimum Gasteiger partial charge on any atom is -0.366 e. The topological polar surface area (TPSA) is 172 Å². The number of amides is 4. The highest BCUT2D eigenvalue weighted by molar-refractivity contribution is 5.99. The van der Waals surface area contributed by atoms with Crippen LogP contribution in [-0.2, 0) is 12.8 Å². The molecular formula is C18H18N4O4. The van der Waals surface area contributed by atoms with Crippen molar-refractivity contribution in [3.63, 3.8) is 0 Å². The predicted molar refractivity (Wildman–Crippen MR) is 94.4 cm³/mol. The molecule has 0 saturated heterocycles. The lowest BCUT2D eigenvalue weighted by molar-refractivity contribution is 0.0987. The van der Waals surface area contributed by atoms with Gasteiger partial charge in [0.25, 0.3) is 0 Å². The van der Waals surface area contributed by atoms with E-state index in [2.05, 4.69) is 0 Å². The Balaban J connectivity index is 2.41. The normalized spacial score (nSPS) is 10.3. The van der Waals surface area contributed by atoms with Crippen molar-refractivity contribution < 1.29 is 19.2 Å². The van der Waals surface area contributed by atoms with Gasteiger partial charge in [-0.3, -0.25) is 19.2 Å². The number of carbonyl (C=O) groups excluding carboxylic acids is 4. The zero-order valence-corrected chi connectivity index (χ0v) is 13.8. The largest absolute Gasteiger partial charge is 0.366 e. The molecule has 2 aromatic rings. The number of rotatable bonds is 7. The van der Waals surface area contributed by atoms with Crippen LogP contribution < -0.4 is 22.9 Å². The maximum atomic E-state index is 11.6. The molecule has 0 bridgehead atoms. The van der Waals surface area contributed by atoms with E-state index in [4.69, 9.17) is 22.9 Å². The zero-order valence-electron chi connectivity index (χ0n) is 13.8. The van der Waals surface area contributed by atoms with E-state index in [1.807, 2.05) is 0 Å². The summed E-state index contributed by atoms with van der Waals surface area (Å²) in [5.41, 5.74) is 23.2. The van der Waals surface area contributed by atoms with E-state index in [-0.39, 0.29) is 35.1 Å². The van der Waals surface area contributed by atoms with Crippen LogP contribution in [0.25, 0.3) is 0 Å². The van der Waals surface area contributed by atoms with Gasteiger partial charge in [0.15, 0.2) is 0 Å². The van der Waals surface area contributed by atoms with Crippen LogP contribution in [0.3, 0.4) is 0 Å². The highest BCUT2D eigenvalue weighted by Gasteiger charge is 2.15. The fraction of sp³-hybridized carbons (Fsp3) is 0.111. The van der Waals surface area contributed by atoms with Crippen LogP contribution in [0.5, 0.6) is 0 Å². The molecule has 0 aliphatic rings. The third-order valence-corrected chi connectivity index (χ3v) is 3.97. The number of nitrogens with two attached hydrogens (primary N) is 4. The molecule has 0 heterocycles. The summed E-state index contributed by atoms with van der Waals surface area (Å²) in [5, 5.41) is 0. The fourth-order valence-corrected chi connectivity index (χ4v) is 2.66. The van der Waals surface area contributed by atoms with E-state index < -0.39 is 23.6 Å². The second-order valence-electron chi connectivity index (χ2n) is 5.70. The molecule has 8 nitrogen and oxygen atoms in total. The minimum absolute atomic E-state index is 0.228. The van der Waals surface area contributed by atoms with Crippen LogP contribution in [0.4, 0.5) is 0 Å². The van der Waals surface area contributed by atoms with Gasteiger partial charge in [0.2, 0.25) is 23.6 Å². The average molecular weight is 354 g/mol. The Bertz CT molecular complexity index is 846. The van der Waals surface area contributed by atoms with Crippen molar-refractivity contribution in [1.29, 1.82) is 0 Å². The van der Waals surface area contributed by atoms with E-state index in [1.54, 1.807) is 0 Å². The summed E-state index contributed by atoms with van der Waals surface area (Å²) in [4.78, 5) is 45.9. The lowest BCUT2D eigenvalue weighted by Gasteiger charge is -2.11. The van der Waals surface area contributed by atoms with Crippen molar-refractivity contribution in [2.45, 2.75) is 12.8 Å².